The molecule has 1 N–H and O–H groups in total. The van der Waals surface area contributed by atoms with E-state index in [-0.39, 0.29) is 17.2 Å². The van der Waals surface area contributed by atoms with Gasteiger partial charge in [0.25, 0.3) is 0 Å². The van der Waals surface area contributed by atoms with Crippen LogP contribution < -0.4 is 5.32 Å². The molecule has 0 radical (unpaired) electrons. The first-order valence-corrected chi connectivity index (χ1v) is 8.23. The zero-order valence-electron chi connectivity index (χ0n) is 13.8. The fraction of sp³-hybridized carbons (Fsp3) is 0.556. The minimum atomic E-state index is 0.0824. The average molecular weight is 321 g/mol. The fourth-order valence-electron chi connectivity index (χ4n) is 2.99. The molecule has 2 unspecified atom stereocenters. The third-order valence-electron chi connectivity index (χ3n) is 4.40. The molecule has 1 fully saturated rings. The highest BCUT2D eigenvalue weighted by molar-refractivity contribution is 6.30. The molecule has 4 heteroatoms. The SMILES string of the molecule is CC(C)=CC1C(C(=O)NCCCc2ccc(Cl)cn2)C1(C)C. The summed E-state index contributed by atoms with van der Waals surface area (Å²) in [7, 11) is 0. The number of carbonyl (C=O) groups excluding carboxylic acids is 1. The van der Waals surface area contributed by atoms with Gasteiger partial charge in [0, 0.05) is 18.4 Å². The van der Waals surface area contributed by atoms with E-state index in [1.54, 1.807) is 6.20 Å². The van der Waals surface area contributed by atoms with Gasteiger partial charge in [0.1, 0.15) is 0 Å². The van der Waals surface area contributed by atoms with Gasteiger partial charge in [0.15, 0.2) is 0 Å². The lowest BCUT2D eigenvalue weighted by atomic mass is 10.1. The summed E-state index contributed by atoms with van der Waals surface area (Å²) in [6.07, 6.45) is 5.62. The summed E-state index contributed by atoms with van der Waals surface area (Å²) in [6.45, 7) is 9.19. The van der Waals surface area contributed by atoms with Gasteiger partial charge in [-0.05, 0) is 50.2 Å². The number of carbonyl (C=O) groups is 1. The molecule has 0 bridgehead atoms. The number of nitrogens with zero attached hydrogens (tertiary/aromatic N) is 1. The summed E-state index contributed by atoms with van der Waals surface area (Å²) in [5, 5.41) is 3.71. The van der Waals surface area contributed by atoms with Crippen molar-refractivity contribution in [1.82, 2.24) is 10.3 Å². The quantitative estimate of drug-likeness (QED) is 0.635. The molecule has 1 amide bonds. The van der Waals surface area contributed by atoms with Gasteiger partial charge in [-0.3, -0.25) is 9.78 Å². The van der Waals surface area contributed by atoms with Crippen LogP contribution in [-0.4, -0.2) is 17.4 Å². The Labute approximate surface area is 138 Å². The lowest BCUT2D eigenvalue weighted by Gasteiger charge is -2.06. The Morgan fingerprint density at radius 2 is 2.14 bits per heavy atom. The third-order valence-corrected chi connectivity index (χ3v) is 4.63. The maximum Gasteiger partial charge on any atom is 0.224 e. The van der Waals surface area contributed by atoms with E-state index < -0.39 is 0 Å². The monoisotopic (exact) mass is 320 g/mol. The van der Waals surface area contributed by atoms with Crippen LogP contribution in [0.25, 0.3) is 0 Å². The lowest BCUT2D eigenvalue weighted by molar-refractivity contribution is -0.123. The number of rotatable bonds is 6. The molecule has 2 atom stereocenters. The number of allylic oxidation sites excluding steroid dienone is 2. The van der Waals surface area contributed by atoms with E-state index in [1.807, 2.05) is 12.1 Å². The number of aryl methyl sites for hydroxylation is 1. The fourth-order valence-corrected chi connectivity index (χ4v) is 3.11. The largest absolute Gasteiger partial charge is 0.356 e. The lowest BCUT2D eigenvalue weighted by Crippen LogP contribution is -2.28. The molecule has 0 aliphatic heterocycles. The van der Waals surface area contributed by atoms with E-state index in [4.69, 9.17) is 11.6 Å². The summed E-state index contributed by atoms with van der Waals surface area (Å²) in [4.78, 5) is 16.6. The standard InChI is InChI=1S/C18H25ClN2O/c1-12(2)10-15-16(18(15,3)4)17(22)20-9-5-6-14-8-7-13(19)11-21-14/h7-8,10-11,15-16H,5-6,9H2,1-4H3,(H,20,22). The van der Waals surface area contributed by atoms with Crippen LogP contribution in [0.1, 0.15) is 39.8 Å². The number of halogens is 1. The average Bonchev–Trinajstić information content (AvgIpc) is 2.97. The van der Waals surface area contributed by atoms with Crippen molar-refractivity contribution in [2.45, 2.75) is 40.5 Å². The first-order valence-electron chi connectivity index (χ1n) is 7.85. The summed E-state index contributed by atoms with van der Waals surface area (Å²) in [6, 6.07) is 3.78. The highest BCUT2D eigenvalue weighted by Crippen LogP contribution is 2.59. The number of aromatic nitrogens is 1. The first-order chi connectivity index (χ1) is 10.3. The summed E-state index contributed by atoms with van der Waals surface area (Å²) in [5.74, 6) is 0.656. The van der Waals surface area contributed by atoms with Gasteiger partial charge in [0.05, 0.1) is 10.9 Å². The van der Waals surface area contributed by atoms with E-state index in [0.29, 0.717) is 17.5 Å². The smallest absolute Gasteiger partial charge is 0.224 e. The second kappa shape index (κ2) is 6.82. The Kier molecular flexibility index (Phi) is 5.28. The molecular formula is C18H25ClN2O. The maximum absolute atomic E-state index is 12.3. The van der Waals surface area contributed by atoms with Crippen LogP contribution in [0.2, 0.25) is 5.02 Å². The van der Waals surface area contributed by atoms with Crippen molar-refractivity contribution in [1.29, 1.82) is 0 Å². The zero-order valence-corrected chi connectivity index (χ0v) is 14.6. The number of nitrogens with one attached hydrogen (secondary N) is 1. The normalized spacial score (nSPS) is 22.0. The maximum atomic E-state index is 12.3. The molecule has 0 spiro atoms. The number of hydrogen-bond acceptors (Lipinski definition) is 2. The molecule has 1 aromatic heterocycles. The number of pyridine rings is 1. The van der Waals surface area contributed by atoms with Crippen molar-refractivity contribution in [3.05, 3.63) is 40.7 Å². The Morgan fingerprint density at radius 3 is 2.73 bits per heavy atom. The van der Waals surface area contributed by atoms with E-state index in [2.05, 4.69) is 44.1 Å². The predicted molar refractivity (Wildman–Crippen MR) is 90.8 cm³/mol. The van der Waals surface area contributed by atoms with Crippen molar-refractivity contribution >= 4 is 17.5 Å². The summed E-state index contributed by atoms with van der Waals surface area (Å²) >= 11 is 5.81. The van der Waals surface area contributed by atoms with Crippen LogP contribution in [0.5, 0.6) is 0 Å². The minimum absolute atomic E-state index is 0.0824. The zero-order chi connectivity index (χ0) is 16.3. The first kappa shape index (κ1) is 17.0. The Balaban J connectivity index is 1.75. The van der Waals surface area contributed by atoms with Gasteiger partial charge in [0.2, 0.25) is 5.91 Å². The molecule has 1 saturated carbocycles. The number of hydrogen-bond donors (Lipinski definition) is 1. The summed E-state index contributed by atoms with van der Waals surface area (Å²) in [5.41, 5.74) is 2.37. The van der Waals surface area contributed by atoms with Crippen LogP contribution in [0.3, 0.4) is 0 Å². The highest BCUT2D eigenvalue weighted by Gasteiger charge is 2.60. The third kappa shape index (κ3) is 4.10. The Hall–Kier alpha value is -1.35. The van der Waals surface area contributed by atoms with Gasteiger partial charge in [-0.2, -0.15) is 0 Å². The van der Waals surface area contributed by atoms with Crippen molar-refractivity contribution in [3.63, 3.8) is 0 Å². The van der Waals surface area contributed by atoms with Crippen LogP contribution in [0.15, 0.2) is 30.0 Å². The van der Waals surface area contributed by atoms with Gasteiger partial charge < -0.3 is 5.32 Å². The molecule has 2 rings (SSSR count). The minimum Gasteiger partial charge on any atom is -0.356 e. The molecule has 1 aliphatic carbocycles. The van der Waals surface area contributed by atoms with Gasteiger partial charge in [-0.15, -0.1) is 0 Å². The molecule has 1 heterocycles. The Bertz CT molecular complexity index is 559. The van der Waals surface area contributed by atoms with Crippen molar-refractivity contribution in [3.8, 4) is 0 Å². The van der Waals surface area contributed by atoms with Gasteiger partial charge >= 0.3 is 0 Å². The van der Waals surface area contributed by atoms with Crippen LogP contribution in [0, 0.1) is 17.3 Å². The highest BCUT2D eigenvalue weighted by atomic mass is 35.5. The van der Waals surface area contributed by atoms with Crippen LogP contribution in [-0.2, 0) is 11.2 Å². The molecule has 0 aromatic carbocycles. The topological polar surface area (TPSA) is 42.0 Å². The molecule has 1 aliphatic rings. The van der Waals surface area contributed by atoms with Crippen LogP contribution >= 0.6 is 11.6 Å². The van der Waals surface area contributed by atoms with E-state index >= 15 is 0 Å². The second-order valence-corrected chi connectivity index (χ2v) is 7.37. The summed E-state index contributed by atoms with van der Waals surface area (Å²) < 4.78 is 0. The van der Waals surface area contributed by atoms with E-state index in [0.717, 1.165) is 18.5 Å². The molecule has 22 heavy (non-hydrogen) atoms. The molecule has 120 valence electrons. The van der Waals surface area contributed by atoms with Crippen molar-refractivity contribution in [2.75, 3.05) is 6.54 Å². The molecule has 3 nitrogen and oxygen atoms in total. The second-order valence-electron chi connectivity index (χ2n) is 6.93. The Morgan fingerprint density at radius 1 is 1.41 bits per heavy atom. The van der Waals surface area contributed by atoms with Crippen LogP contribution in [0.4, 0.5) is 0 Å². The van der Waals surface area contributed by atoms with E-state index in [1.165, 1.54) is 5.57 Å². The van der Waals surface area contributed by atoms with Crippen molar-refractivity contribution in [2.24, 2.45) is 17.3 Å². The van der Waals surface area contributed by atoms with E-state index in [9.17, 15) is 4.79 Å². The number of amides is 1. The molecule has 0 saturated heterocycles. The van der Waals surface area contributed by atoms with Crippen molar-refractivity contribution < 1.29 is 4.79 Å². The molecular weight excluding hydrogens is 296 g/mol. The van der Waals surface area contributed by atoms with Gasteiger partial charge in [-0.25, -0.2) is 0 Å². The van der Waals surface area contributed by atoms with Gasteiger partial charge in [-0.1, -0.05) is 37.1 Å². The predicted octanol–water partition coefficient (Wildman–Crippen LogP) is 4.02. The molecule has 1 aromatic rings.